The maximum absolute atomic E-state index is 11.5. The Morgan fingerprint density at radius 1 is 1.44 bits per heavy atom. The predicted molar refractivity (Wildman–Crippen MR) is 62.3 cm³/mol. The summed E-state index contributed by atoms with van der Waals surface area (Å²) < 4.78 is 10.4. The van der Waals surface area contributed by atoms with Crippen molar-refractivity contribution in [2.75, 3.05) is 13.7 Å². The molecular formula is C12H23NO3. The molecule has 0 heterocycles. The molecule has 16 heavy (non-hydrogen) atoms. The summed E-state index contributed by atoms with van der Waals surface area (Å²) >= 11 is 0. The average molecular weight is 229 g/mol. The van der Waals surface area contributed by atoms with Gasteiger partial charge in [0.25, 0.3) is 0 Å². The Morgan fingerprint density at radius 2 is 2.12 bits per heavy atom. The molecule has 0 aromatic heterocycles. The second-order valence-corrected chi connectivity index (χ2v) is 4.61. The average Bonchev–Trinajstić information content (AvgIpc) is 2.18. The summed E-state index contributed by atoms with van der Waals surface area (Å²) in [5.74, 6) is -0.203. The summed E-state index contributed by atoms with van der Waals surface area (Å²) in [6, 6.07) is 0.0258. The molecule has 0 aromatic carbocycles. The van der Waals surface area contributed by atoms with Crippen molar-refractivity contribution in [1.29, 1.82) is 0 Å². The van der Waals surface area contributed by atoms with E-state index in [1.165, 1.54) is 26.4 Å². The van der Waals surface area contributed by atoms with Gasteiger partial charge in [-0.2, -0.15) is 0 Å². The number of hydrogen-bond donors (Lipinski definition) is 1. The Labute approximate surface area is 97.7 Å². The lowest BCUT2D eigenvalue weighted by molar-refractivity contribution is -0.144. The van der Waals surface area contributed by atoms with Gasteiger partial charge in [-0.1, -0.05) is 13.8 Å². The van der Waals surface area contributed by atoms with Gasteiger partial charge in [-0.3, -0.25) is 4.79 Å². The molecule has 0 aromatic rings. The smallest absolute Gasteiger partial charge is 0.322 e. The lowest BCUT2D eigenvalue weighted by Crippen LogP contribution is -2.42. The molecule has 1 aliphatic rings. The van der Waals surface area contributed by atoms with Crippen molar-refractivity contribution < 1.29 is 14.3 Å². The highest BCUT2D eigenvalue weighted by atomic mass is 16.5. The van der Waals surface area contributed by atoms with Gasteiger partial charge in [-0.05, 0) is 25.7 Å². The third kappa shape index (κ3) is 4.49. The van der Waals surface area contributed by atoms with E-state index in [0.29, 0.717) is 19.1 Å². The second kappa shape index (κ2) is 6.86. The Bertz CT molecular complexity index is 214. The predicted octanol–water partition coefficient (Wildman–Crippen LogP) is 1.49. The molecule has 1 rings (SSSR count). The number of esters is 1. The highest BCUT2D eigenvalue weighted by Crippen LogP contribution is 2.22. The van der Waals surface area contributed by atoms with Crippen LogP contribution in [0.25, 0.3) is 0 Å². The fourth-order valence-electron chi connectivity index (χ4n) is 1.70. The molecule has 0 bridgehead atoms. The number of methoxy groups -OCH3 is 1. The molecule has 94 valence electrons. The first kappa shape index (κ1) is 13.5. The van der Waals surface area contributed by atoms with E-state index in [2.05, 4.69) is 5.32 Å². The standard InChI is InChI=1S/C12H23NO3/c1-9(2)13-11(12(14)15-3)7-8-16-10-5-4-6-10/h9-11,13H,4-8H2,1-3H3. The van der Waals surface area contributed by atoms with E-state index in [4.69, 9.17) is 9.47 Å². The second-order valence-electron chi connectivity index (χ2n) is 4.61. The van der Waals surface area contributed by atoms with Crippen LogP contribution in [0, 0.1) is 0 Å². The normalized spacial score (nSPS) is 18.2. The first-order valence-electron chi connectivity index (χ1n) is 6.09. The van der Waals surface area contributed by atoms with Gasteiger partial charge in [0, 0.05) is 12.6 Å². The highest BCUT2D eigenvalue weighted by Gasteiger charge is 2.22. The number of carbonyl (C=O) groups excluding carboxylic acids is 1. The molecule has 1 saturated carbocycles. The van der Waals surface area contributed by atoms with Gasteiger partial charge in [-0.15, -0.1) is 0 Å². The molecule has 0 aliphatic heterocycles. The van der Waals surface area contributed by atoms with E-state index in [9.17, 15) is 4.79 Å². The fourth-order valence-corrected chi connectivity index (χ4v) is 1.70. The van der Waals surface area contributed by atoms with Crippen LogP contribution in [0.5, 0.6) is 0 Å². The monoisotopic (exact) mass is 229 g/mol. The number of rotatable bonds is 7. The maximum Gasteiger partial charge on any atom is 0.322 e. The Morgan fingerprint density at radius 3 is 2.56 bits per heavy atom. The third-order valence-electron chi connectivity index (χ3n) is 2.83. The number of hydrogen-bond acceptors (Lipinski definition) is 4. The molecule has 1 fully saturated rings. The van der Waals surface area contributed by atoms with Crippen molar-refractivity contribution in [2.24, 2.45) is 0 Å². The van der Waals surface area contributed by atoms with Crippen LogP contribution < -0.4 is 5.32 Å². The third-order valence-corrected chi connectivity index (χ3v) is 2.83. The zero-order valence-electron chi connectivity index (χ0n) is 10.5. The molecule has 4 heteroatoms. The van der Waals surface area contributed by atoms with E-state index in [0.717, 1.165) is 0 Å². The Hall–Kier alpha value is -0.610. The van der Waals surface area contributed by atoms with Crippen LogP contribution in [-0.2, 0) is 14.3 Å². The number of ether oxygens (including phenoxy) is 2. The van der Waals surface area contributed by atoms with E-state index in [-0.39, 0.29) is 18.1 Å². The Kier molecular flexibility index (Phi) is 5.77. The maximum atomic E-state index is 11.5. The lowest BCUT2D eigenvalue weighted by Gasteiger charge is -2.26. The van der Waals surface area contributed by atoms with Crippen molar-refractivity contribution in [1.82, 2.24) is 5.32 Å². The van der Waals surface area contributed by atoms with Crippen molar-refractivity contribution in [2.45, 2.75) is 57.7 Å². The van der Waals surface area contributed by atoms with Gasteiger partial charge < -0.3 is 14.8 Å². The highest BCUT2D eigenvalue weighted by molar-refractivity contribution is 5.75. The molecule has 0 radical (unpaired) electrons. The molecule has 1 atom stereocenters. The van der Waals surface area contributed by atoms with E-state index in [1.807, 2.05) is 13.8 Å². The fraction of sp³-hybridized carbons (Fsp3) is 0.917. The van der Waals surface area contributed by atoms with Crippen molar-refractivity contribution in [3.8, 4) is 0 Å². The lowest BCUT2D eigenvalue weighted by atomic mass is 9.96. The molecule has 1 unspecified atom stereocenters. The van der Waals surface area contributed by atoms with E-state index < -0.39 is 0 Å². The molecule has 1 aliphatic carbocycles. The van der Waals surface area contributed by atoms with Crippen LogP contribution in [-0.4, -0.2) is 37.9 Å². The molecule has 1 N–H and O–H groups in total. The van der Waals surface area contributed by atoms with Gasteiger partial charge in [0.15, 0.2) is 0 Å². The first-order valence-corrected chi connectivity index (χ1v) is 6.09. The van der Waals surface area contributed by atoms with Gasteiger partial charge in [0.05, 0.1) is 13.2 Å². The molecule has 0 spiro atoms. The number of nitrogens with one attached hydrogen (secondary N) is 1. The summed E-state index contributed by atoms with van der Waals surface area (Å²) in [7, 11) is 1.42. The van der Waals surface area contributed by atoms with Crippen LogP contribution >= 0.6 is 0 Å². The Balaban J connectivity index is 2.22. The SMILES string of the molecule is COC(=O)C(CCOC1CCC1)NC(C)C. The summed E-state index contributed by atoms with van der Waals surface area (Å²) in [4.78, 5) is 11.5. The molecular weight excluding hydrogens is 206 g/mol. The minimum Gasteiger partial charge on any atom is -0.468 e. The van der Waals surface area contributed by atoms with Gasteiger partial charge in [0.2, 0.25) is 0 Å². The van der Waals surface area contributed by atoms with Crippen LogP contribution in [0.1, 0.15) is 39.5 Å². The van der Waals surface area contributed by atoms with Crippen LogP contribution in [0.4, 0.5) is 0 Å². The van der Waals surface area contributed by atoms with Gasteiger partial charge in [0.1, 0.15) is 6.04 Å². The zero-order chi connectivity index (χ0) is 12.0. The van der Waals surface area contributed by atoms with Crippen LogP contribution in [0.15, 0.2) is 0 Å². The zero-order valence-corrected chi connectivity index (χ0v) is 10.5. The van der Waals surface area contributed by atoms with Gasteiger partial charge >= 0.3 is 5.97 Å². The summed E-state index contributed by atoms with van der Waals surface area (Å²) in [6.07, 6.45) is 4.72. The van der Waals surface area contributed by atoms with Crippen LogP contribution in [0.2, 0.25) is 0 Å². The topological polar surface area (TPSA) is 47.6 Å². The first-order chi connectivity index (χ1) is 7.63. The quantitative estimate of drug-likeness (QED) is 0.672. The van der Waals surface area contributed by atoms with Crippen molar-refractivity contribution >= 4 is 5.97 Å². The van der Waals surface area contributed by atoms with E-state index >= 15 is 0 Å². The molecule has 0 saturated heterocycles. The van der Waals surface area contributed by atoms with Crippen molar-refractivity contribution in [3.63, 3.8) is 0 Å². The van der Waals surface area contributed by atoms with Crippen LogP contribution in [0.3, 0.4) is 0 Å². The van der Waals surface area contributed by atoms with E-state index in [1.54, 1.807) is 0 Å². The molecule has 4 nitrogen and oxygen atoms in total. The van der Waals surface area contributed by atoms with Gasteiger partial charge in [-0.25, -0.2) is 0 Å². The summed E-state index contributed by atoms with van der Waals surface area (Å²) in [5, 5.41) is 3.19. The summed E-state index contributed by atoms with van der Waals surface area (Å²) in [5.41, 5.74) is 0. The summed E-state index contributed by atoms with van der Waals surface area (Å²) in [6.45, 7) is 4.66. The number of carbonyl (C=O) groups is 1. The van der Waals surface area contributed by atoms with Crippen molar-refractivity contribution in [3.05, 3.63) is 0 Å². The minimum absolute atomic E-state index is 0.203. The minimum atomic E-state index is -0.245. The molecule has 0 amide bonds. The largest absolute Gasteiger partial charge is 0.468 e.